The van der Waals surface area contributed by atoms with Gasteiger partial charge in [0.1, 0.15) is 5.82 Å². The Morgan fingerprint density at radius 2 is 2.18 bits per heavy atom. The summed E-state index contributed by atoms with van der Waals surface area (Å²) >= 11 is 6.25. The summed E-state index contributed by atoms with van der Waals surface area (Å²) in [7, 11) is 1.99. The highest BCUT2D eigenvalue weighted by atomic mass is 35.5. The molecule has 0 aliphatic carbocycles. The lowest BCUT2D eigenvalue weighted by atomic mass is 10.1. The Labute approximate surface area is 106 Å². The van der Waals surface area contributed by atoms with Crippen LogP contribution in [0.3, 0.4) is 0 Å². The minimum atomic E-state index is 0.0358. The van der Waals surface area contributed by atoms with E-state index in [4.69, 9.17) is 11.6 Å². The average molecular weight is 250 g/mol. The fourth-order valence-corrected chi connectivity index (χ4v) is 2.15. The van der Waals surface area contributed by atoms with Crippen molar-refractivity contribution in [2.24, 2.45) is 7.05 Å². The molecule has 1 aromatic heterocycles. The third-order valence-electron chi connectivity index (χ3n) is 2.74. The third-order valence-corrected chi connectivity index (χ3v) is 3.09. The first-order valence-corrected chi connectivity index (χ1v) is 6.07. The van der Waals surface area contributed by atoms with E-state index in [-0.39, 0.29) is 6.04 Å². The zero-order valence-electron chi connectivity index (χ0n) is 10.0. The summed E-state index contributed by atoms with van der Waals surface area (Å²) in [4.78, 5) is 4.39. The second kappa shape index (κ2) is 5.34. The summed E-state index contributed by atoms with van der Waals surface area (Å²) in [5, 5.41) is 4.18. The molecule has 2 aromatic rings. The van der Waals surface area contributed by atoms with Crippen molar-refractivity contribution in [3.05, 3.63) is 53.1 Å². The Kier molecular flexibility index (Phi) is 3.82. The quantitative estimate of drug-likeness (QED) is 0.903. The summed E-state index contributed by atoms with van der Waals surface area (Å²) in [6, 6.07) is 7.91. The minimum Gasteiger partial charge on any atom is -0.336 e. The van der Waals surface area contributed by atoms with Crippen LogP contribution in [0.1, 0.15) is 24.4 Å². The molecule has 4 heteroatoms. The number of benzene rings is 1. The van der Waals surface area contributed by atoms with Crippen molar-refractivity contribution in [2.75, 3.05) is 6.54 Å². The summed E-state index contributed by atoms with van der Waals surface area (Å²) in [6.07, 6.45) is 3.74. The van der Waals surface area contributed by atoms with Crippen LogP contribution in [0, 0.1) is 0 Å². The van der Waals surface area contributed by atoms with E-state index < -0.39 is 0 Å². The number of hydrogen-bond acceptors (Lipinski definition) is 2. The molecule has 2 rings (SSSR count). The SMILES string of the molecule is CCNC(c1ccccc1Cl)c1nccn1C. The van der Waals surface area contributed by atoms with Crippen LogP contribution < -0.4 is 5.32 Å². The van der Waals surface area contributed by atoms with Crippen molar-refractivity contribution in [1.29, 1.82) is 0 Å². The minimum absolute atomic E-state index is 0.0358. The van der Waals surface area contributed by atoms with Gasteiger partial charge in [0.25, 0.3) is 0 Å². The normalized spacial score (nSPS) is 12.6. The topological polar surface area (TPSA) is 29.9 Å². The van der Waals surface area contributed by atoms with Crippen LogP contribution in [0.4, 0.5) is 0 Å². The van der Waals surface area contributed by atoms with Crippen LogP contribution in [0.2, 0.25) is 5.02 Å². The molecule has 0 saturated heterocycles. The first kappa shape index (κ1) is 12.1. The number of hydrogen-bond donors (Lipinski definition) is 1. The fourth-order valence-electron chi connectivity index (χ4n) is 1.91. The molecular formula is C13H16ClN3. The zero-order valence-corrected chi connectivity index (χ0v) is 10.8. The van der Waals surface area contributed by atoms with E-state index in [0.29, 0.717) is 0 Å². The predicted molar refractivity (Wildman–Crippen MR) is 70.2 cm³/mol. The maximum Gasteiger partial charge on any atom is 0.130 e. The lowest BCUT2D eigenvalue weighted by Gasteiger charge is -2.19. The number of halogens is 1. The van der Waals surface area contributed by atoms with Gasteiger partial charge in [-0.3, -0.25) is 0 Å². The molecule has 90 valence electrons. The van der Waals surface area contributed by atoms with Crippen LogP contribution in [0.15, 0.2) is 36.7 Å². The fraction of sp³-hybridized carbons (Fsp3) is 0.308. The van der Waals surface area contributed by atoms with E-state index in [1.165, 1.54) is 0 Å². The highest BCUT2D eigenvalue weighted by Crippen LogP contribution is 2.26. The summed E-state index contributed by atoms with van der Waals surface area (Å²) in [5.41, 5.74) is 1.06. The van der Waals surface area contributed by atoms with E-state index in [0.717, 1.165) is 23.0 Å². The summed E-state index contributed by atoms with van der Waals surface area (Å²) < 4.78 is 2.01. The van der Waals surface area contributed by atoms with Crippen LogP contribution in [0.5, 0.6) is 0 Å². The molecule has 17 heavy (non-hydrogen) atoms. The van der Waals surface area contributed by atoms with Crippen molar-refractivity contribution in [2.45, 2.75) is 13.0 Å². The molecule has 0 spiro atoms. The van der Waals surface area contributed by atoms with Crippen molar-refractivity contribution < 1.29 is 0 Å². The Hall–Kier alpha value is -1.32. The molecule has 0 radical (unpaired) electrons. The van der Waals surface area contributed by atoms with Gasteiger partial charge in [0.2, 0.25) is 0 Å². The molecule has 1 unspecified atom stereocenters. The molecule has 0 aliphatic heterocycles. The van der Waals surface area contributed by atoms with Crippen LogP contribution in [-0.2, 0) is 7.05 Å². The maximum absolute atomic E-state index is 6.25. The number of nitrogens with zero attached hydrogens (tertiary/aromatic N) is 2. The van der Waals surface area contributed by atoms with Gasteiger partial charge in [0.05, 0.1) is 6.04 Å². The standard InChI is InChI=1S/C13H16ClN3/c1-3-15-12(13-16-8-9-17(13)2)10-6-4-5-7-11(10)14/h4-9,12,15H,3H2,1-2H3. The van der Waals surface area contributed by atoms with Crippen molar-refractivity contribution >= 4 is 11.6 Å². The number of aryl methyl sites for hydroxylation is 1. The van der Waals surface area contributed by atoms with Gasteiger partial charge >= 0.3 is 0 Å². The average Bonchev–Trinajstić information content (AvgIpc) is 2.74. The number of imidazole rings is 1. The van der Waals surface area contributed by atoms with Gasteiger partial charge in [-0.2, -0.15) is 0 Å². The smallest absolute Gasteiger partial charge is 0.130 e. The van der Waals surface area contributed by atoms with E-state index >= 15 is 0 Å². The van der Waals surface area contributed by atoms with Gasteiger partial charge in [0, 0.05) is 24.5 Å². The Morgan fingerprint density at radius 1 is 1.41 bits per heavy atom. The molecule has 0 fully saturated rings. The monoisotopic (exact) mass is 249 g/mol. The van der Waals surface area contributed by atoms with E-state index in [9.17, 15) is 0 Å². The zero-order chi connectivity index (χ0) is 12.3. The second-order valence-electron chi connectivity index (χ2n) is 3.91. The number of aromatic nitrogens is 2. The van der Waals surface area contributed by atoms with Crippen molar-refractivity contribution in [1.82, 2.24) is 14.9 Å². The maximum atomic E-state index is 6.25. The van der Waals surface area contributed by atoms with Crippen LogP contribution >= 0.6 is 11.6 Å². The lowest BCUT2D eigenvalue weighted by molar-refractivity contribution is 0.577. The van der Waals surface area contributed by atoms with Crippen molar-refractivity contribution in [3.63, 3.8) is 0 Å². The van der Waals surface area contributed by atoms with Gasteiger partial charge in [-0.25, -0.2) is 4.98 Å². The van der Waals surface area contributed by atoms with E-state index in [2.05, 4.69) is 17.2 Å². The predicted octanol–water partition coefficient (Wildman–Crippen LogP) is 2.77. The molecule has 1 atom stereocenters. The Balaban J connectivity index is 2.43. The second-order valence-corrected chi connectivity index (χ2v) is 4.32. The third kappa shape index (κ3) is 2.51. The molecule has 1 aromatic carbocycles. The van der Waals surface area contributed by atoms with Gasteiger partial charge in [-0.15, -0.1) is 0 Å². The highest BCUT2D eigenvalue weighted by molar-refractivity contribution is 6.31. The van der Waals surface area contributed by atoms with Gasteiger partial charge in [0.15, 0.2) is 0 Å². The highest BCUT2D eigenvalue weighted by Gasteiger charge is 2.19. The van der Waals surface area contributed by atoms with E-state index in [1.807, 2.05) is 42.1 Å². The summed E-state index contributed by atoms with van der Waals surface area (Å²) in [6.45, 7) is 2.94. The number of rotatable bonds is 4. The first-order valence-electron chi connectivity index (χ1n) is 5.69. The molecule has 1 heterocycles. The van der Waals surface area contributed by atoms with Gasteiger partial charge in [-0.1, -0.05) is 36.7 Å². The largest absolute Gasteiger partial charge is 0.336 e. The van der Waals surface area contributed by atoms with Gasteiger partial charge in [-0.05, 0) is 18.2 Å². The molecule has 1 N–H and O–H groups in total. The molecule has 0 amide bonds. The first-order chi connectivity index (χ1) is 8.24. The molecular weight excluding hydrogens is 234 g/mol. The molecule has 0 saturated carbocycles. The lowest BCUT2D eigenvalue weighted by Crippen LogP contribution is -2.25. The number of nitrogens with one attached hydrogen (secondary N) is 1. The van der Waals surface area contributed by atoms with Gasteiger partial charge < -0.3 is 9.88 Å². The summed E-state index contributed by atoms with van der Waals surface area (Å²) in [5.74, 6) is 0.972. The van der Waals surface area contributed by atoms with Crippen LogP contribution in [-0.4, -0.2) is 16.1 Å². The molecule has 0 aliphatic rings. The Morgan fingerprint density at radius 3 is 2.76 bits per heavy atom. The van der Waals surface area contributed by atoms with Crippen LogP contribution in [0.25, 0.3) is 0 Å². The van der Waals surface area contributed by atoms with Crippen molar-refractivity contribution in [3.8, 4) is 0 Å². The van der Waals surface area contributed by atoms with E-state index in [1.54, 1.807) is 6.20 Å². The molecule has 3 nitrogen and oxygen atoms in total. The Bertz CT molecular complexity index is 493. The molecule has 0 bridgehead atoms.